The minimum absolute atomic E-state index is 0.280. The number of halogens is 2. The topological polar surface area (TPSA) is 0 Å². The van der Waals surface area contributed by atoms with Gasteiger partial charge in [-0.25, -0.2) is 8.78 Å². The highest BCUT2D eigenvalue weighted by Crippen LogP contribution is 2.29. The third-order valence-corrected chi connectivity index (χ3v) is 5.24. The molecular formula is C30H16F2. The summed E-state index contributed by atoms with van der Waals surface area (Å²) in [6, 6.07) is 28.6. The van der Waals surface area contributed by atoms with Crippen LogP contribution in [0.1, 0.15) is 22.3 Å². The number of rotatable bonds is 0. The van der Waals surface area contributed by atoms with E-state index in [2.05, 4.69) is 41.9 Å². The van der Waals surface area contributed by atoms with Crippen LogP contribution in [0, 0.1) is 35.3 Å². The van der Waals surface area contributed by atoms with Crippen LogP contribution in [0.3, 0.4) is 0 Å². The van der Waals surface area contributed by atoms with E-state index < -0.39 is 0 Å². The Morgan fingerprint density at radius 1 is 0.438 bits per heavy atom. The van der Waals surface area contributed by atoms with Crippen LogP contribution in [0.25, 0.3) is 21.5 Å². The van der Waals surface area contributed by atoms with Crippen molar-refractivity contribution >= 4 is 21.5 Å². The van der Waals surface area contributed by atoms with Gasteiger partial charge in [-0.05, 0) is 88.3 Å². The lowest BCUT2D eigenvalue weighted by Crippen LogP contribution is -1.87. The van der Waals surface area contributed by atoms with Gasteiger partial charge in [0.15, 0.2) is 0 Å². The molecule has 150 valence electrons. The average Bonchev–Trinajstić information content (AvgIpc) is 2.82. The van der Waals surface area contributed by atoms with E-state index in [1.54, 1.807) is 24.3 Å². The summed E-state index contributed by atoms with van der Waals surface area (Å²) in [5.41, 5.74) is 3.26. The number of benzene rings is 5. The number of hydrogen-bond donors (Lipinski definition) is 0. The normalized spacial score (nSPS) is 10.3. The largest absolute Gasteiger partial charge is 0.207 e. The molecule has 0 aliphatic rings. The molecule has 0 aromatic heterocycles. The molecule has 0 heterocycles. The Hall–Kier alpha value is -4.40. The van der Waals surface area contributed by atoms with Crippen LogP contribution < -0.4 is 0 Å². The summed E-state index contributed by atoms with van der Waals surface area (Å²) in [7, 11) is 0. The average molecular weight is 414 g/mol. The van der Waals surface area contributed by atoms with E-state index in [4.69, 9.17) is 0 Å². The minimum Gasteiger partial charge on any atom is -0.207 e. The van der Waals surface area contributed by atoms with Crippen LogP contribution in [0.15, 0.2) is 97.1 Å². The molecule has 5 aromatic carbocycles. The van der Waals surface area contributed by atoms with Gasteiger partial charge in [-0.15, -0.1) is 0 Å². The van der Waals surface area contributed by atoms with Crippen molar-refractivity contribution in [1.29, 1.82) is 0 Å². The lowest BCUT2D eigenvalue weighted by atomic mass is 9.95. The van der Waals surface area contributed by atoms with E-state index in [0.717, 1.165) is 43.8 Å². The Kier molecular flexibility index (Phi) is 5.12. The van der Waals surface area contributed by atoms with Crippen molar-refractivity contribution in [1.82, 2.24) is 0 Å². The van der Waals surface area contributed by atoms with Crippen molar-refractivity contribution in [2.45, 2.75) is 0 Å². The molecule has 0 saturated heterocycles. The SMILES string of the molecule is Fc1ccc(C#Cc2ccc3cc4ccccc4c(C#Cc4ccc(F)cc4)c3c2)cc1. The first-order chi connectivity index (χ1) is 15.7. The van der Waals surface area contributed by atoms with Crippen LogP contribution in [-0.4, -0.2) is 0 Å². The first-order valence-corrected chi connectivity index (χ1v) is 10.2. The van der Waals surface area contributed by atoms with Crippen molar-refractivity contribution in [2.24, 2.45) is 0 Å². The van der Waals surface area contributed by atoms with Gasteiger partial charge in [0.25, 0.3) is 0 Å². The Balaban J connectivity index is 1.66. The predicted molar refractivity (Wildman–Crippen MR) is 126 cm³/mol. The van der Waals surface area contributed by atoms with Gasteiger partial charge < -0.3 is 0 Å². The Morgan fingerprint density at radius 3 is 1.66 bits per heavy atom. The quantitative estimate of drug-likeness (QED) is 0.188. The molecule has 0 unspecified atom stereocenters. The van der Waals surface area contributed by atoms with Gasteiger partial charge in [0.1, 0.15) is 11.6 Å². The van der Waals surface area contributed by atoms with E-state index in [1.807, 2.05) is 30.3 Å². The van der Waals surface area contributed by atoms with Crippen molar-refractivity contribution < 1.29 is 8.78 Å². The standard InChI is InChI=1S/C30H16F2/c31-26-14-8-21(9-15-26)5-6-23-7-13-25-20-24-3-1-2-4-28(24)29(30(25)19-23)18-12-22-10-16-27(32)17-11-22/h1-4,7-11,13-17,19-20H. The fourth-order valence-corrected chi connectivity index (χ4v) is 3.62. The molecule has 0 radical (unpaired) electrons. The smallest absolute Gasteiger partial charge is 0.123 e. The fourth-order valence-electron chi connectivity index (χ4n) is 3.62. The van der Waals surface area contributed by atoms with Crippen LogP contribution in [0.2, 0.25) is 0 Å². The zero-order chi connectivity index (χ0) is 21.9. The lowest BCUT2D eigenvalue weighted by molar-refractivity contribution is 0.627. The predicted octanol–water partition coefficient (Wildman–Crippen LogP) is 7.07. The molecule has 0 fully saturated rings. The van der Waals surface area contributed by atoms with Gasteiger partial charge >= 0.3 is 0 Å². The molecule has 0 nitrogen and oxygen atoms in total. The third kappa shape index (κ3) is 4.08. The summed E-state index contributed by atoms with van der Waals surface area (Å²) in [4.78, 5) is 0. The highest BCUT2D eigenvalue weighted by molar-refractivity contribution is 6.05. The highest BCUT2D eigenvalue weighted by atomic mass is 19.1. The molecule has 0 aliphatic carbocycles. The molecule has 0 atom stereocenters. The molecule has 0 bridgehead atoms. The molecule has 2 heteroatoms. The second-order valence-electron chi connectivity index (χ2n) is 7.42. The van der Waals surface area contributed by atoms with Crippen LogP contribution >= 0.6 is 0 Å². The Labute approximate surface area is 185 Å². The van der Waals surface area contributed by atoms with Gasteiger partial charge in [-0.1, -0.05) is 54.0 Å². The molecule has 0 saturated carbocycles. The number of hydrogen-bond acceptors (Lipinski definition) is 0. The molecule has 5 rings (SSSR count). The highest BCUT2D eigenvalue weighted by Gasteiger charge is 2.06. The Bertz CT molecular complexity index is 1570. The van der Waals surface area contributed by atoms with Crippen molar-refractivity contribution in [3.63, 3.8) is 0 Å². The zero-order valence-corrected chi connectivity index (χ0v) is 17.0. The summed E-state index contributed by atoms with van der Waals surface area (Å²) in [5.74, 6) is 12.2. The maximum atomic E-state index is 13.2. The fraction of sp³-hybridized carbons (Fsp3) is 0. The second-order valence-corrected chi connectivity index (χ2v) is 7.42. The van der Waals surface area contributed by atoms with Crippen molar-refractivity contribution in [3.8, 4) is 23.7 Å². The van der Waals surface area contributed by atoms with Crippen LogP contribution in [-0.2, 0) is 0 Å². The summed E-state index contributed by atoms with van der Waals surface area (Å²) in [6.07, 6.45) is 0. The maximum absolute atomic E-state index is 13.2. The first kappa shape index (κ1) is 19.6. The van der Waals surface area contributed by atoms with Gasteiger partial charge in [-0.3, -0.25) is 0 Å². The first-order valence-electron chi connectivity index (χ1n) is 10.2. The lowest BCUT2D eigenvalue weighted by Gasteiger charge is -2.07. The van der Waals surface area contributed by atoms with E-state index in [-0.39, 0.29) is 11.6 Å². The molecule has 0 spiro atoms. The van der Waals surface area contributed by atoms with Crippen molar-refractivity contribution in [2.75, 3.05) is 0 Å². The van der Waals surface area contributed by atoms with E-state index in [9.17, 15) is 8.78 Å². The van der Waals surface area contributed by atoms with Gasteiger partial charge in [0.05, 0.1) is 0 Å². The van der Waals surface area contributed by atoms with Crippen molar-refractivity contribution in [3.05, 3.63) is 131 Å². The molecule has 5 aromatic rings. The summed E-state index contributed by atoms with van der Waals surface area (Å²) in [6.45, 7) is 0. The Morgan fingerprint density at radius 2 is 0.969 bits per heavy atom. The van der Waals surface area contributed by atoms with Crippen LogP contribution in [0.4, 0.5) is 8.78 Å². The molecule has 32 heavy (non-hydrogen) atoms. The zero-order valence-electron chi connectivity index (χ0n) is 17.0. The second kappa shape index (κ2) is 8.38. The number of fused-ring (bicyclic) bond motifs is 2. The summed E-state index contributed by atoms with van der Waals surface area (Å²) < 4.78 is 26.4. The monoisotopic (exact) mass is 414 g/mol. The van der Waals surface area contributed by atoms with Crippen LogP contribution in [0.5, 0.6) is 0 Å². The van der Waals surface area contributed by atoms with Gasteiger partial charge in [0, 0.05) is 22.3 Å². The van der Waals surface area contributed by atoms with E-state index >= 15 is 0 Å². The van der Waals surface area contributed by atoms with E-state index in [1.165, 1.54) is 24.3 Å². The minimum atomic E-state index is -0.282. The molecular weight excluding hydrogens is 398 g/mol. The van der Waals surface area contributed by atoms with E-state index in [0.29, 0.717) is 0 Å². The summed E-state index contributed by atoms with van der Waals surface area (Å²) in [5, 5.41) is 4.23. The maximum Gasteiger partial charge on any atom is 0.123 e. The third-order valence-electron chi connectivity index (χ3n) is 5.24. The molecule has 0 amide bonds. The molecule has 0 aliphatic heterocycles. The van der Waals surface area contributed by atoms with Gasteiger partial charge in [0.2, 0.25) is 0 Å². The van der Waals surface area contributed by atoms with Gasteiger partial charge in [-0.2, -0.15) is 0 Å². The summed E-state index contributed by atoms with van der Waals surface area (Å²) >= 11 is 0. The molecule has 0 N–H and O–H groups in total.